The van der Waals surface area contributed by atoms with Gasteiger partial charge in [-0.25, -0.2) is 0 Å². The van der Waals surface area contributed by atoms with Crippen LogP contribution in [-0.4, -0.2) is 17.3 Å². The summed E-state index contributed by atoms with van der Waals surface area (Å²) in [7, 11) is 1.43. The molecule has 1 aromatic rings. The highest BCUT2D eigenvalue weighted by Crippen LogP contribution is 2.42. The first kappa shape index (κ1) is 9.19. The number of halogens is 1. The summed E-state index contributed by atoms with van der Waals surface area (Å²) in [6.45, 7) is 1.69. The Labute approximate surface area is 78.7 Å². The molecule has 0 aliphatic rings. The highest BCUT2D eigenvalue weighted by Gasteiger charge is 2.13. The SMILES string of the molecule is COc1c(Br)cc(C)c(O)c1O. The molecule has 12 heavy (non-hydrogen) atoms. The van der Waals surface area contributed by atoms with E-state index in [9.17, 15) is 10.2 Å². The van der Waals surface area contributed by atoms with Gasteiger partial charge in [0.25, 0.3) is 0 Å². The summed E-state index contributed by atoms with van der Waals surface area (Å²) in [5, 5.41) is 18.6. The topological polar surface area (TPSA) is 49.7 Å². The van der Waals surface area contributed by atoms with Crippen molar-refractivity contribution in [3.8, 4) is 17.2 Å². The maximum atomic E-state index is 9.35. The van der Waals surface area contributed by atoms with Gasteiger partial charge in [-0.3, -0.25) is 0 Å². The molecule has 0 atom stereocenters. The average molecular weight is 233 g/mol. The van der Waals surface area contributed by atoms with Gasteiger partial charge in [0, 0.05) is 0 Å². The molecule has 0 aromatic heterocycles. The number of ether oxygens (including phenoxy) is 1. The summed E-state index contributed by atoms with van der Waals surface area (Å²) in [4.78, 5) is 0. The van der Waals surface area contributed by atoms with Crippen LogP contribution in [0.2, 0.25) is 0 Å². The van der Waals surface area contributed by atoms with E-state index in [1.165, 1.54) is 7.11 Å². The molecule has 0 bridgehead atoms. The van der Waals surface area contributed by atoms with Crippen LogP contribution in [0.15, 0.2) is 10.5 Å². The molecule has 0 unspecified atom stereocenters. The van der Waals surface area contributed by atoms with Crippen molar-refractivity contribution >= 4 is 15.9 Å². The third-order valence-electron chi connectivity index (χ3n) is 1.58. The largest absolute Gasteiger partial charge is 0.504 e. The zero-order valence-electron chi connectivity index (χ0n) is 6.76. The number of rotatable bonds is 1. The molecule has 66 valence electrons. The van der Waals surface area contributed by atoms with E-state index in [-0.39, 0.29) is 17.2 Å². The van der Waals surface area contributed by atoms with Crippen LogP contribution >= 0.6 is 15.9 Å². The Bertz CT molecular complexity index is 310. The second-order valence-electron chi connectivity index (χ2n) is 2.41. The first-order valence-electron chi connectivity index (χ1n) is 3.33. The van der Waals surface area contributed by atoms with Gasteiger partial charge < -0.3 is 14.9 Å². The van der Waals surface area contributed by atoms with Gasteiger partial charge in [0.15, 0.2) is 11.5 Å². The monoisotopic (exact) mass is 232 g/mol. The van der Waals surface area contributed by atoms with E-state index in [1.54, 1.807) is 13.0 Å². The number of phenolic OH excluding ortho intramolecular Hbond substituents is 2. The second-order valence-corrected chi connectivity index (χ2v) is 3.26. The quantitative estimate of drug-likeness (QED) is 0.731. The van der Waals surface area contributed by atoms with E-state index in [0.717, 1.165) is 0 Å². The number of phenols is 2. The van der Waals surface area contributed by atoms with Gasteiger partial charge >= 0.3 is 0 Å². The molecule has 0 aliphatic heterocycles. The highest BCUT2D eigenvalue weighted by atomic mass is 79.9. The summed E-state index contributed by atoms with van der Waals surface area (Å²) in [6.07, 6.45) is 0. The lowest BCUT2D eigenvalue weighted by molar-refractivity contribution is 0.348. The van der Waals surface area contributed by atoms with Crippen molar-refractivity contribution in [3.63, 3.8) is 0 Å². The lowest BCUT2D eigenvalue weighted by atomic mass is 10.2. The Morgan fingerprint density at radius 1 is 1.33 bits per heavy atom. The third kappa shape index (κ3) is 1.34. The normalized spacial score (nSPS) is 9.92. The van der Waals surface area contributed by atoms with Crippen molar-refractivity contribution in [3.05, 3.63) is 16.1 Å². The molecule has 1 rings (SSSR count). The van der Waals surface area contributed by atoms with Crippen LogP contribution in [0.25, 0.3) is 0 Å². The molecular formula is C8H9BrO3. The second kappa shape index (κ2) is 3.23. The standard InChI is InChI=1S/C8H9BrO3/c1-4-3-5(9)8(12-2)7(11)6(4)10/h3,10-11H,1-2H3. The molecule has 0 fully saturated rings. The Balaban J connectivity index is 3.40. The van der Waals surface area contributed by atoms with Gasteiger partial charge in [0.1, 0.15) is 0 Å². The zero-order chi connectivity index (χ0) is 9.30. The third-order valence-corrected chi connectivity index (χ3v) is 2.17. The van der Waals surface area contributed by atoms with E-state index in [0.29, 0.717) is 10.0 Å². The van der Waals surface area contributed by atoms with E-state index < -0.39 is 0 Å². The predicted octanol–water partition coefficient (Wildman–Crippen LogP) is 2.18. The zero-order valence-corrected chi connectivity index (χ0v) is 8.34. The van der Waals surface area contributed by atoms with Crippen LogP contribution in [0.3, 0.4) is 0 Å². The number of aromatic hydroxyl groups is 2. The van der Waals surface area contributed by atoms with Crippen LogP contribution in [-0.2, 0) is 0 Å². The maximum Gasteiger partial charge on any atom is 0.201 e. The fraction of sp³-hybridized carbons (Fsp3) is 0.250. The van der Waals surface area contributed by atoms with E-state index >= 15 is 0 Å². The van der Waals surface area contributed by atoms with Gasteiger partial charge in [-0.15, -0.1) is 0 Å². The van der Waals surface area contributed by atoms with Crippen molar-refractivity contribution < 1.29 is 14.9 Å². The lowest BCUT2D eigenvalue weighted by Gasteiger charge is -2.08. The summed E-state index contributed by atoms with van der Waals surface area (Å²) < 4.78 is 5.48. The number of benzene rings is 1. The molecule has 3 nitrogen and oxygen atoms in total. The van der Waals surface area contributed by atoms with Crippen molar-refractivity contribution in [1.29, 1.82) is 0 Å². The van der Waals surface area contributed by atoms with Crippen molar-refractivity contribution in [2.75, 3.05) is 7.11 Å². The first-order valence-corrected chi connectivity index (χ1v) is 4.12. The molecule has 0 radical (unpaired) electrons. The number of methoxy groups -OCH3 is 1. The Morgan fingerprint density at radius 3 is 2.42 bits per heavy atom. The average Bonchev–Trinajstić information content (AvgIpc) is 2.01. The fourth-order valence-electron chi connectivity index (χ4n) is 0.926. The number of hydrogen-bond donors (Lipinski definition) is 2. The summed E-state index contributed by atoms with van der Waals surface area (Å²) >= 11 is 3.20. The van der Waals surface area contributed by atoms with Gasteiger partial charge in [0.2, 0.25) is 5.75 Å². The summed E-state index contributed by atoms with van der Waals surface area (Å²) in [6, 6.07) is 1.67. The molecular weight excluding hydrogens is 224 g/mol. The van der Waals surface area contributed by atoms with Crippen LogP contribution < -0.4 is 4.74 Å². The molecule has 0 spiro atoms. The van der Waals surface area contributed by atoms with Crippen molar-refractivity contribution in [2.24, 2.45) is 0 Å². The van der Waals surface area contributed by atoms with Gasteiger partial charge in [-0.1, -0.05) is 0 Å². The Morgan fingerprint density at radius 2 is 1.92 bits per heavy atom. The van der Waals surface area contributed by atoms with Crippen LogP contribution in [0, 0.1) is 6.92 Å². The van der Waals surface area contributed by atoms with Crippen LogP contribution in [0.5, 0.6) is 17.2 Å². The lowest BCUT2D eigenvalue weighted by Crippen LogP contribution is -1.87. The minimum atomic E-state index is -0.232. The molecule has 0 aliphatic carbocycles. The predicted molar refractivity (Wildman–Crippen MR) is 48.8 cm³/mol. The van der Waals surface area contributed by atoms with Crippen molar-refractivity contribution in [1.82, 2.24) is 0 Å². The van der Waals surface area contributed by atoms with E-state index in [1.807, 2.05) is 0 Å². The highest BCUT2D eigenvalue weighted by molar-refractivity contribution is 9.10. The molecule has 0 saturated heterocycles. The maximum absolute atomic E-state index is 9.35. The van der Waals surface area contributed by atoms with E-state index in [4.69, 9.17) is 4.74 Å². The Hall–Kier alpha value is -0.900. The van der Waals surface area contributed by atoms with Gasteiger partial charge in [0.05, 0.1) is 11.6 Å². The number of hydrogen-bond acceptors (Lipinski definition) is 3. The Kier molecular flexibility index (Phi) is 2.47. The van der Waals surface area contributed by atoms with Gasteiger partial charge in [-0.2, -0.15) is 0 Å². The van der Waals surface area contributed by atoms with E-state index in [2.05, 4.69) is 15.9 Å². The molecule has 4 heteroatoms. The van der Waals surface area contributed by atoms with Gasteiger partial charge in [-0.05, 0) is 34.5 Å². The fourth-order valence-corrected chi connectivity index (χ4v) is 1.62. The minimum absolute atomic E-state index is 0.143. The number of aryl methyl sites for hydroxylation is 1. The molecule has 0 saturated carbocycles. The molecule has 2 N–H and O–H groups in total. The van der Waals surface area contributed by atoms with Crippen molar-refractivity contribution in [2.45, 2.75) is 6.92 Å². The first-order chi connectivity index (χ1) is 5.57. The minimum Gasteiger partial charge on any atom is -0.504 e. The van der Waals surface area contributed by atoms with Crippen LogP contribution in [0.4, 0.5) is 0 Å². The summed E-state index contributed by atoms with van der Waals surface area (Å²) in [5.41, 5.74) is 0.597. The summed E-state index contributed by atoms with van der Waals surface area (Å²) in [5.74, 6) is -0.127. The molecule has 0 amide bonds. The van der Waals surface area contributed by atoms with Crippen LogP contribution in [0.1, 0.15) is 5.56 Å². The smallest absolute Gasteiger partial charge is 0.201 e. The molecule has 1 aromatic carbocycles. The molecule has 0 heterocycles.